The van der Waals surface area contributed by atoms with Gasteiger partial charge in [0.1, 0.15) is 0 Å². The van der Waals surface area contributed by atoms with Crippen LogP contribution in [0.3, 0.4) is 0 Å². The van der Waals surface area contributed by atoms with E-state index in [1.165, 1.54) is 11.3 Å². The molecule has 3 aromatic rings. The highest BCUT2D eigenvalue weighted by Crippen LogP contribution is 2.26. The molecule has 1 aromatic carbocycles. The van der Waals surface area contributed by atoms with E-state index in [2.05, 4.69) is 27.5 Å². The molecule has 0 atom stereocenters. The Balaban J connectivity index is 1.71. The van der Waals surface area contributed by atoms with E-state index in [1.807, 2.05) is 28.9 Å². The molecule has 0 N–H and O–H groups in total. The number of unbranched alkanes of at least 4 members (excludes halogenated alkanes) is 1. The first-order valence-corrected chi connectivity index (χ1v) is 10.00. The molecule has 0 fully saturated rings. The zero-order valence-electron chi connectivity index (χ0n) is 12.9. The molecule has 0 aliphatic rings. The molecule has 0 unspecified atom stereocenters. The van der Waals surface area contributed by atoms with Gasteiger partial charge in [0, 0.05) is 11.6 Å². The average Bonchev–Trinajstić information content (AvgIpc) is 3.18. The monoisotopic (exact) mass is 398 g/mol. The number of halogens is 1. The van der Waals surface area contributed by atoms with Gasteiger partial charge in [0.15, 0.2) is 14.1 Å². The van der Waals surface area contributed by atoms with Gasteiger partial charge in [-0.2, -0.15) is 0 Å². The Morgan fingerprint density at radius 3 is 2.83 bits per heavy atom. The predicted octanol–water partition coefficient (Wildman–Crippen LogP) is 4.40. The van der Waals surface area contributed by atoms with Crippen LogP contribution in [0.15, 0.2) is 28.6 Å². The van der Waals surface area contributed by atoms with E-state index in [1.54, 1.807) is 16.4 Å². The van der Waals surface area contributed by atoms with Gasteiger partial charge in [0.05, 0.1) is 11.4 Å². The van der Waals surface area contributed by atoms with Crippen molar-refractivity contribution in [2.75, 3.05) is 0 Å². The summed E-state index contributed by atoms with van der Waals surface area (Å²) in [4.78, 5) is 0. The van der Waals surface area contributed by atoms with Gasteiger partial charge >= 0.3 is 0 Å². The van der Waals surface area contributed by atoms with E-state index in [-0.39, 0.29) is 0 Å². The fraction of sp³-hybridized carbons (Fsp3) is 0.357. The summed E-state index contributed by atoms with van der Waals surface area (Å²) < 4.78 is 5.19. The van der Waals surface area contributed by atoms with Crippen LogP contribution in [0.4, 0.5) is 0 Å². The number of tetrazole rings is 1. The van der Waals surface area contributed by atoms with Crippen LogP contribution in [-0.2, 0) is 12.3 Å². The van der Waals surface area contributed by atoms with Crippen molar-refractivity contribution in [3.63, 3.8) is 0 Å². The van der Waals surface area contributed by atoms with Crippen molar-refractivity contribution in [3.05, 3.63) is 39.1 Å². The first-order valence-electron chi connectivity index (χ1n) is 7.41. The van der Waals surface area contributed by atoms with Crippen molar-refractivity contribution < 1.29 is 0 Å². The van der Waals surface area contributed by atoms with Gasteiger partial charge in [-0.1, -0.05) is 48.0 Å². The molecule has 24 heavy (non-hydrogen) atoms. The summed E-state index contributed by atoms with van der Waals surface area (Å²) in [5.74, 6) is 1.52. The molecular formula is C14H15ClN6S3. The lowest BCUT2D eigenvalue weighted by atomic mass is 10.3. The van der Waals surface area contributed by atoms with Crippen LogP contribution >= 0.6 is 46.9 Å². The lowest BCUT2D eigenvalue weighted by Crippen LogP contribution is -2.05. The SMILES string of the molecule is CCCCn1nnnc1CSc1nn(-c2ccc(Cl)cc2)c(=S)s1. The zero-order valence-corrected chi connectivity index (χ0v) is 16.1. The van der Waals surface area contributed by atoms with Crippen LogP contribution in [0, 0.1) is 3.95 Å². The highest BCUT2D eigenvalue weighted by Gasteiger charge is 2.10. The minimum Gasteiger partial charge on any atom is -0.229 e. The molecular weight excluding hydrogens is 384 g/mol. The first kappa shape index (κ1) is 17.5. The van der Waals surface area contributed by atoms with E-state index in [9.17, 15) is 0 Å². The second-order valence-corrected chi connectivity index (χ2v) is 8.26. The number of benzene rings is 1. The van der Waals surface area contributed by atoms with Crippen molar-refractivity contribution in [2.45, 2.75) is 36.4 Å². The Kier molecular flexibility index (Phi) is 5.99. The molecule has 10 heteroatoms. The van der Waals surface area contributed by atoms with Crippen LogP contribution < -0.4 is 0 Å². The summed E-state index contributed by atoms with van der Waals surface area (Å²) in [6, 6.07) is 7.45. The maximum atomic E-state index is 5.92. The number of hydrogen-bond donors (Lipinski definition) is 0. The van der Waals surface area contributed by atoms with Crippen LogP contribution in [0.25, 0.3) is 5.69 Å². The standard InChI is InChI=1S/C14H15ClN6S3/c1-2-3-8-20-12(16-18-19-20)9-23-13-17-21(14(22)24-13)11-6-4-10(15)5-7-11/h4-7H,2-3,8-9H2,1H3. The second-order valence-electron chi connectivity index (χ2n) is 4.98. The number of aromatic nitrogens is 6. The fourth-order valence-electron chi connectivity index (χ4n) is 2.00. The summed E-state index contributed by atoms with van der Waals surface area (Å²) in [6.45, 7) is 2.99. The quantitative estimate of drug-likeness (QED) is 0.434. The van der Waals surface area contributed by atoms with Gasteiger partial charge < -0.3 is 0 Å². The summed E-state index contributed by atoms with van der Waals surface area (Å²) >= 11 is 14.4. The van der Waals surface area contributed by atoms with Gasteiger partial charge in [-0.05, 0) is 53.3 Å². The van der Waals surface area contributed by atoms with Gasteiger partial charge in [-0.15, -0.1) is 10.2 Å². The Labute approximate surface area is 157 Å². The molecule has 2 aromatic heterocycles. The largest absolute Gasteiger partial charge is 0.229 e. The number of hydrogen-bond acceptors (Lipinski definition) is 7. The molecule has 0 aliphatic heterocycles. The molecule has 0 spiro atoms. The molecule has 0 saturated heterocycles. The minimum absolute atomic E-state index is 0.666. The lowest BCUT2D eigenvalue weighted by Gasteiger charge is -2.02. The lowest BCUT2D eigenvalue weighted by molar-refractivity contribution is 0.540. The van der Waals surface area contributed by atoms with Crippen molar-refractivity contribution in [2.24, 2.45) is 0 Å². The van der Waals surface area contributed by atoms with Crippen molar-refractivity contribution in [3.8, 4) is 5.69 Å². The third kappa shape index (κ3) is 4.21. The van der Waals surface area contributed by atoms with Crippen molar-refractivity contribution in [1.29, 1.82) is 0 Å². The molecule has 0 bridgehead atoms. The average molecular weight is 399 g/mol. The minimum atomic E-state index is 0.666. The van der Waals surface area contributed by atoms with Crippen molar-refractivity contribution in [1.82, 2.24) is 30.0 Å². The van der Waals surface area contributed by atoms with Crippen LogP contribution in [0.2, 0.25) is 5.02 Å². The topological polar surface area (TPSA) is 61.4 Å². The van der Waals surface area contributed by atoms with E-state index < -0.39 is 0 Å². The Morgan fingerprint density at radius 1 is 1.29 bits per heavy atom. The Bertz CT molecular complexity index is 854. The van der Waals surface area contributed by atoms with Crippen LogP contribution in [-0.4, -0.2) is 30.0 Å². The Morgan fingerprint density at radius 2 is 2.08 bits per heavy atom. The third-order valence-corrected chi connectivity index (χ3v) is 5.87. The molecule has 126 valence electrons. The van der Waals surface area contributed by atoms with Crippen LogP contribution in [0.1, 0.15) is 25.6 Å². The number of nitrogens with zero attached hydrogens (tertiary/aromatic N) is 6. The number of thioether (sulfide) groups is 1. The Hall–Kier alpha value is -1.29. The maximum Gasteiger partial charge on any atom is 0.184 e. The predicted molar refractivity (Wildman–Crippen MR) is 99.6 cm³/mol. The first-order chi connectivity index (χ1) is 11.7. The van der Waals surface area contributed by atoms with Crippen LogP contribution in [0.5, 0.6) is 0 Å². The van der Waals surface area contributed by atoms with Gasteiger partial charge in [0.25, 0.3) is 0 Å². The molecule has 2 heterocycles. The summed E-state index contributed by atoms with van der Waals surface area (Å²) in [5.41, 5.74) is 0.903. The van der Waals surface area contributed by atoms with Gasteiger partial charge in [-0.25, -0.2) is 9.36 Å². The van der Waals surface area contributed by atoms with E-state index in [4.69, 9.17) is 23.8 Å². The normalized spacial score (nSPS) is 11.1. The molecule has 0 saturated carbocycles. The van der Waals surface area contributed by atoms with Crippen molar-refractivity contribution >= 4 is 46.9 Å². The van der Waals surface area contributed by atoms with E-state index >= 15 is 0 Å². The van der Waals surface area contributed by atoms with Gasteiger partial charge in [-0.3, -0.25) is 0 Å². The second kappa shape index (κ2) is 8.19. The summed E-state index contributed by atoms with van der Waals surface area (Å²) in [5, 5.41) is 17.1. The van der Waals surface area contributed by atoms with E-state index in [0.717, 1.165) is 35.2 Å². The summed E-state index contributed by atoms with van der Waals surface area (Å²) in [6.07, 6.45) is 2.17. The molecule has 0 aliphatic carbocycles. The third-order valence-electron chi connectivity index (χ3n) is 3.25. The number of rotatable bonds is 7. The molecule has 0 amide bonds. The van der Waals surface area contributed by atoms with E-state index in [0.29, 0.717) is 14.7 Å². The zero-order chi connectivity index (χ0) is 16.9. The molecule has 6 nitrogen and oxygen atoms in total. The van der Waals surface area contributed by atoms with Gasteiger partial charge in [0.2, 0.25) is 0 Å². The highest BCUT2D eigenvalue weighted by molar-refractivity contribution is 8.00. The molecule has 3 rings (SSSR count). The number of aryl methyl sites for hydroxylation is 1. The highest BCUT2D eigenvalue weighted by atomic mass is 35.5. The fourth-order valence-corrected chi connectivity index (χ4v) is 4.42. The molecule has 0 radical (unpaired) electrons. The maximum absolute atomic E-state index is 5.92. The summed E-state index contributed by atoms with van der Waals surface area (Å²) in [7, 11) is 0. The smallest absolute Gasteiger partial charge is 0.184 e.